The third-order valence-corrected chi connectivity index (χ3v) is 3.66. The van der Waals surface area contributed by atoms with Crippen molar-refractivity contribution < 1.29 is 9.66 Å². The van der Waals surface area contributed by atoms with Crippen molar-refractivity contribution in [1.82, 2.24) is 0 Å². The molecular formula is C12H15Br2NO3. The minimum absolute atomic E-state index is 0.0299. The summed E-state index contributed by atoms with van der Waals surface area (Å²) >= 11 is 6.61. The summed E-state index contributed by atoms with van der Waals surface area (Å²) in [6, 6.07) is 2.90. The van der Waals surface area contributed by atoms with Gasteiger partial charge >= 0.3 is 0 Å². The van der Waals surface area contributed by atoms with Gasteiger partial charge in [0.2, 0.25) is 0 Å². The van der Waals surface area contributed by atoms with Gasteiger partial charge in [-0.3, -0.25) is 10.1 Å². The smallest absolute Gasteiger partial charge is 0.271 e. The molecule has 0 fully saturated rings. The zero-order chi connectivity index (χ0) is 13.7. The summed E-state index contributed by atoms with van der Waals surface area (Å²) in [6.45, 7) is 4.13. The maximum absolute atomic E-state index is 10.7. The van der Waals surface area contributed by atoms with Gasteiger partial charge in [-0.25, -0.2) is 0 Å². The maximum Gasteiger partial charge on any atom is 0.271 e. The molecule has 0 heterocycles. The molecule has 0 saturated heterocycles. The summed E-state index contributed by atoms with van der Waals surface area (Å²) in [4.78, 5) is 10.3. The number of unbranched alkanes of at least 4 members (excludes halogenated alkanes) is 1. The topological polar surface area (TPSA) is 52.4 Å². The Balaban J connectivity index is 2.86. The van der Waals surface area contributed by atoms with Crippen molar-refractivity contribution in [1.29, 1.82) is 0 Å². The lowest BCUT2D eigenvalue weighted by Gasteiger charge is -2.16. The Bertz CT molecular complexity index is 414. The molecule has 100 valence electrons. The van der Waals surface area contributed by atoms with Crippen LogP contribution in [-0.2, 0) is 0 Å². The van der Waals surface area contributed by atoms with Gasteiger partial charge in [0.15, 0.2) is 0 Å². The highest BCUT2D eigenvalue weighted by Crippen LogP contribution is 2.38. The lowest BCUT2D eigenvalue weighted by atomic mass is 10.2. The fourth-order valence-corrected chi connectivity index (χ4v) is 2.87. The quantitative estimate of drug-likeness (QED) is 0.510. The number of nitrogens with zero attached hydrogens (tertiary/aromatic N) is 1. The van der Waals surface area contributed by atoms with Crippen molar-refractivity contribution in [3.8, 4) is 5.75 Å². The molecule has 1 atom stereocenters. The van der Waals surface area contributed by atoms with Crippen LogP contribution in [-0.4, -0.2) is 11.0 Å². The number of non-ortho nitro benzene ring substituents is 1. The van der Waals surface area contributed by atoms with Crippen molar-refractivity contribution in [3.05, 3.63) is 31.2 Å². The summed E-state index contributed by atoms with van der Waals surface area (Å²) in [5.41, 5.74) is 0.0299. The van der Waals surface area contributed by atoms with Crippen LogP contribution in [0.25, 0.3) is 0 Å². The first-order valence-corrected chi connectivity index (χ1v) is 7.34. The predicted octanol–water partition coefficient (Wildman–Crippen LogP) is 5.08. The number of rotatable bonds is 6. The van der Waals surface area contributed by atoms with E-state index in [-0.39, 0.29) is 11.8 Å². The average molecular weight is 381 g/mol. The van der Waals surface area contributed by atoms with Gasteiger partial charge in [-0.2, -0.15) is 0 Å². The SMILES string of the molecule is CCCCC(C)Oc1c(Br)cc([N+](=O)[O-])cc1Br. The van der Waals surface area contributed by atoms with Gasteiger partial charge in [0.1, 0.15) is 5.75 Å². The number of halogens is 2. The van der Waals surface area contributed by atoms with Crippen molar-refractivity contribution in [2.45, 2.75) is 39.2 Å². The van der Waals surface area contributed by atoms with Gasteiger partial charge in [0, 0.05) is 12.1 Å². The van der Waals surface area contributed by atoms with Crippen LogP contribution in [0.2, 0.25) is 0 Å². The summed E-state index contributed by atoms with van der Waals surface area (Å²) in [6.07, 6.45) is 3.27. The number of benzene rings is 1. The zero-order valence-electron chi connectivity index (χ0n) is 10.3. The number of hydrogen-bond donors (Lipinski definition) is 0. The molecule has 0 aliphatic rings. The Labute approximate surface area is 123 Å². The highest BCUT2D eigenvalue weighted by atomic mass is 79.9. The average Bonchev–Trinajstić information content (AvgIpc) is 2.30. The van der Waals surface area contributed by atoms with Crippen LogP contribution in [0.15, 0.2) is 21.1 Å². The van der Waals surface area contributed by atoms with Crippen molar-refractivity contribution >= 4 is 37.5 Å². The highest BCUT2D eigenvalue weighted by molar-refractivity contribution is 9.11. The molecule has 1 aromatic carbocycles. The van der Waals surface area contributed by atoms with Crippen LogP contribution >= 0.6 is 31.9 Å². The molecule has 18 heavy (non-hydrogen) atoms. The Morgan fingerprint density at radius 3 is 2.39 bits per heavy atom. The van der Waals surface area contributed by atoms with Crippen LogP contribution in [0.1, 0.15) is 33.1 Å². The second-order valence-electron chi connectivity index (χ2n) is 4.07. The third kappa shape index (κ3) is 4.24. The molecular weight excluding hydrogens is 366 g/mol. The predicted molar refractivity (Wildman–Crippen MR) is 78.1 cm³/mol. The van der Waals surface area contributed by atoms with Gasteiger partial charge in [0.25, 0.3) is 5.69 Å². The molecule has 0 spiro atoms. The number of hydrogen-bond acceptors (Lipinski definition) is 3. The highest BCUT2D eigenvalue weighted by Gasteiger charge is 2.16. The molecule has 4 nitrogen and oxygen atoms in total. The number of nitro benzene ring substituents is 1. The van der Waals surface area contributed by atoms with Crippen LogP contribution in [0.5, 0.6) is 5.75 Å². The van der Waals surface area contributed by atoms with E-state index < -0.39 is 4.92 Å². The van der Waals surface area contributed by atoms with Crippen molar-refractivity contribution in [3.63, 3.8) is 0 Å². The van der Waals surface area contributed by atoms with Gasteiger partial charge in [-0.15, -0.1) is 0 Å². The third-order valence-electron chi connectivity index (χ3n) is 2.48. The fourth-order valence-electron chi connectivity index (χ4n) is 1.52. The van der Waals surface area contributed by atoms with E-state index >= 15 is 0 Å². The van der Waals surface area contributed by atoms with Crippen LogP contribution < -0.4 is 4.74 Å². The minimum atomic E-state index is -0.431. The standard InChI is InChI=1S/C12H15Br2NO3/c1-3-4-5-8(2)18-12-10(13)6-9(15(16)17)7-11(12)14/h6-8H,3-5H2,1-2H3. The second-order valence-corrected chi connectivity index (χ2v) is 5.78. The zero-order valence-corrected chi connectivity index (χ0v) is 13.5. The lowest BCUT2D eigenvalue weighted by molar-refractivity contribution is -0.385. The molecule has 0 aliphatic heterocycles. The van der Waals surface area contributed by atoms with E-state index in [2.05, 4.69) is 38.8 Å². The molecule has 0 amide bonds. The molecule has 1 aromatic rings. The first kappa shape index (κ1) is 15.4. The van der Waals surface area contributed by atoms with E-state index in [1.54, 1.807) is 0 Å². The maximum atomic E-state index is 10.7. The first-order chi connectivity index (χ1) is 8.45. The summed E-state index contributed by atoms with van der Waals surface area (Å²) in [7, 11) is 0. The molecule has 0 radical (unpaired) electrons. The lowest BCUT2D eigenvalue weighted by Crippen LogP contribution is -2.12. The van der Waals surface area contributed by atoms with E-state index in [1.165, 1.54) is 12.1 Å². The first-order valence-electron chi connectivity index (χ1n) is 5.75. The Morgan fingerprint density at radius 2 is 1.94 bits per heavy atom. The Hall–Kier alpha value is -0.620. The van der Waals surface area contributed by atoms with Crippen LogP contribution in [0, 0.1) is 10.1 Å². The normalized spacial score (nSPS) is 12.2. The molecule has 1 unspecified atom stereocenters. The molecule has 6 heteroatoms. The Kier molecular flexibility index (Phi) is 6.08. The number of ether oxygens (including phenoxy) is 1. The Morgan fingerprint density at radius 1 is 1.39 bits per heavy atom. The van der Waals surface area contributed by atoms with Gasteiger partial charge in [0.05, 0.1) is 20.0 Å². The summed E-state index contributed by atoms with van der Waals surface area (Å²) in [5.74, 6) is 0.615. The second kappa shape index (κ2) is 7.09. The van der Waals surface area contributed by atoms with E-state index in [1.807, 2.05) is 6.92 Å². The van der Waals surface area contributed by atoms with E-state index in [0.717, 1.165) is 19.3 Å². The van der Waals surface area contributed by atoms with E-state index in [0.29, 0.717) is 14.7 Å². The van der Waals surface area contributed by atoms with Crippen molar-refractivity contribution in [2.75, 3.05) is 0 Å². The van der Waals surface area contributed by atoms with Gasteiger partial charge < -0.3 is 4.74 Å². The van der Waals surface area contributed by atoms with Gasteiger partial charge in [-0.1, -0.05) is 19.8 Å². The summed E-state index contributed by atoms with van der Waals surface area (Å²) in [5, 5.41) is 10.7. The monoisotopic (exact) mass is 379 g/mol. The molecule has 0 aromatic heterocycles. The van der Waals surface area contributed by atoms with Gasteiger partial charge in [-0.05, 0) is 45.2 Å². The van der Waals surface area contributed by atoms with E-state index in [4.69, 9.17) is 4.74 Å². The molecule has 1 rings (SSSR count). The van der Waals surface area contributed by atoms with E-state index in [9.17, 15) is 10.1 Å². The van der Waals surface area contributed by atoms with Crippen LogP contribution in [0.4, 0.5) is 5.69 Å². The molecule has 0 bridgehead atoms. The molecule has 0 saturated carbocycles. The van der Waals surface area contributed by atoms with Crippen molar-refractivity contribution in [2.24, 2.45) is 0 Å². The van der Waals surface area contributed by atoms with Crippen LogP contribution in [0.3, 0.4) is 0 Å². The fraction of sp³-hybridized carbons (Fsp3) is 0.500. The minimum Gasteiger partial charge on any atom is -0.488 e. The molecule has 0 N–H and O–H groups in total. The summed E-state index contributed by atoms with van der Waals surface area (Å²) < 4.78 is 6.98. The largest absolute Gasteiger partial charge is 0.488 e. The number of nitro groups is 1. The molecule has 0 aliphatic carbocycles.